The Labute approximate surface area is 196 Å². The second-order valence-electron chi connectivity index (χ2n) is 8.19. The van der Waals surface area contributed by atoms with Crippen LogP contribution in [0.3, 0.4) is 0 Å². The van der Waals surface area contributed by atoms with Gasteiger partial charge in [-0.15, -0.1) is 0 Å². The molecule has 1 atom stereocenters. The number of aromatic nitrogens is 3. The third-order valence-corrected chi connectivity index (χ3v) is 5.97. The molecule has 7 nitrogen and oxygen atoms in total. The number of aliphatic hydroxyl groups is 1. The van der Waals surface area contributed by atoms with Gasteiger partial charge in [0.25, 0.3) is 0 Å². The van der Waals surface area contributed by atoms with Gasteiger partial charge in [0.2, 0.25) is 0 Å². The first-order valence-corrected chi connectivity index (χ1v) is 10.8. The Morgan fingerprint density at radius 1 is 1.23 bits per heavy atom. The van der Waals surface area contributed by atoms with Crippen LogP contribution in [0.1, 0.15) is 21.5 Å². The summed E-state index contributed by atoms with van der Waals surface area (Å²) >= 11 is 0. The number of ether oxygens (including phenoxy) is 1. The lowest BCUT2D eigenvalue weighted by atomic mass is 9.99. The van der Waals surface area contributed by atoms with Crippen LogP contribution in [0.25, 0.3) is 22.6 Å². The smallest absolute Gasteiger partial charge is 0.394 e. The van der Waals surface area contributed by atoms with E-state index >= 15 is 0 Å². The van der Waals surface area contributed by atoms with E-state index in [-0.39, 0.29) is 29.6 Å². The molecule has 5 rings (SSSR count). The molecule has 0 spiro atoms. The van der Waals surface area contributed by atoms with E-state index < -0.39 is 28.9 Å². The molecular formula is C24H20F4N4O3. The normalized spacial score (nSPS) is 16.7. The van der Waals surface area contributed by atoms with Gasteiger partial charge in [-0.1, -0.05) is 18.2 Å². The minimum Gasteiger partial charge on any atom is -0.394 e. The Morgan fingerprint density at radius 2 is 2.03 bits per heavy atom. The van der Waals surface area contributed by atoms with Crippen molar-refractivity contribution in [2.24, 2.45) is 0 Å². The maximum atomic E-state index is 14.9. The van der Waals surface area contributed by atoms with Crippen molar-refractivity contribution in [2.45, 2.75) is 12.2 Å². The van der Waals surface area contributed by atoms with Gasteiger partial charge in [0.15, 0.2) is 17.4 Å². The zero-order valence-corrected chi connectivity index (χ0v) is 18.2. The number of benzene rings is 2. The van der Waals surface area contributed by atoms with Crippen molar-refractivity contribution in [2.75, 3.05) is 31.3 Å². The molecule has 182 valence electrons. The molecule has 2 aromatic carbocycles. The number of morpholine rings is 1. The van der Waals surface area contributed by atoms with Crippen molar-refractivity contribution in [1.82, 2.24) is 15.0 Å². The number of H-pyrrole nitrogens is 2. The topological polar surface area (TPSA) is 94.2 Å². The lowest BCUT2D eigenvalue weighted by Crippen LogP contribution is -2.47. The molecule has 0 bridgehead atoms. The van der Waals surface area contributed by atoms with Crippen LogP contribution >= 0.6 is 0 Å². The summed E-state index contributed by atoms with van der Waals surface area (Å²) in [5, 5.41) is 9.62. The average Bonchev–Trinajstić information content (AvgIpc) is 3.51. The third-order valence-electron chi connectivity index (χ3n) is 5.97. The standard InChI is InChI=1S/C24H20F4N4O3/c25-18-8-14(32-5-6-35-12-15(32)11-33)9-19-21(18)31-23(30-19)20-7-13(10-29-20)22(34)16-3-1-2-4-17(16)24(26,27)28/h1-4,7-10,15,29,33H,5-6,11-12H2,(H,30,31)/t15-/m1/s1. The Bertz CT molecular complexity index is 1400. The highest BCUT2D eigenvalue weighted by molar-refractivity contribution is 6.10. The summed E-state index contributed by atoms with van der Waals surface area (Å²) in [5.74, 6) is -1.16. The van der Waals surface area contributed by atoms with E-state index in [0.29, 0.717) is 36.7 Å². The minimum atomic E-state index is -4.67. The van der Waals surface area contributed by atoms with Crippen molar-refractivity contribution in [3.63, 3.8) is 0 Å². The number of halogens is 4. The number of rotatable bonds is 5. The molecule has 0 amide bonds. The first-order chi connectivity index (χ1) is 16.8. The summed E-state index contributed by atoms with van der Waals surface area (Å²) in [4.78, 5) is 24.8. The lowest BCUT2D eigenvalue weighted by molar-refractivity contribution is -0.137. The van der Waals surface area contributed by atoms with E-state index in [9.17, 15) is 27.5 Å². The monoisotopic (exact) mass is 488 g/mol. The lowest BCUT2D eigenvalue weighted by Gasteiger charge is -2.36. The Kier molecular flexibility index (Phi) is 5.81. The third kappa shape index (κ3) is 4.28. The minimum absolute atomic E-state index is 0.0115. The van der Waals surface area contributed by atoms with Crippen molar-refractivity contribution in [3.8, 4) is 11.5 Å². The molecular weight excluding hydrogens is 468 g/mol. The van der Waals surface area contributed by atoms with Crippen molar-refractivity contribution in [1.29, 1.82) is 0 Å². The fraction of sp³-hybridized carbons (Fsp3) is 0.250. The van der Waals surface area contributed by atoms with Gasteiger partial charge >= 0.3 is 6.18 Å². The highest BCUT2D eigenvalue weighted by atomic mass is 19.4. The molecule has 0 unspecified atom stereocenters. The number of nitrogens with one attached hydrogen (secondary N) is 2. The number of hydrogen-bond acceptors (Lipinski definition) is 5. The maximum Gasteiger partial charge on any atom is 0.417 e. The summed E-state index contributed by atoms with van der Waals surface area (Å²) in [6, 6.07) is 8.67. The molecule has 0 saturated carbocycles. The second-order valence-corrected chi connectivity index (χ2v) is 8.19. The number of fused-ring (bicyclic) bond motifs is 1. The van der Waals surface area contributed by atoms with Crippen LogP contribution < -0.4 is 4.90 Å². The molecule has 1 fully saturated rings. The number of aliphatic hydroxyl groups excluding tert-OH is 1. The zero-order chi connectivity index (χ0) is 24.7. The summed E-state index contributed by atoms with van der Waals surface area (Å²) in [7, 11) is 0. The average molecular weight is 488 g/mol. The van der Waals surface area contributed by atoms with Crippen LogP contribution in [0.4, 0.5) is 23.2 Å². The van der Waals surface area contributed by atoms with Crippen molar-refractivity contribution in [3.05, 3.63) is 71.2 Å². The van der Waals surface area contributed by atoms with Crippen LogP contribution in [0, 0.1) is 5.82 Å². The van der Waals surface area contributed by atoms with Gasteiger partial charge in [-0.05, 0) is 24.3 Å². The summed E-state index contributed by atoms with van der Waals surface area (Å²) in [6.07, 6.45) is -3.38. The quantitative estimate of drug-likeness (QED) is 0.290. The molecule has 2 aromatic heterocycles. The number of carbonyl (C=O) groups excluding carboxylic acids is 1. The molecule has 1 saturated heterocycles. The van der Waals surface area contributed by atoms with Gasteiger partial charge in [-0.2, -0.15) is 13.2 Å². The van der Waals surface area contributed by atoms with Gasteiger partial charge in [0, 0.05) is 29.6 Å². The van der Waals surface area contributed by atoms with E-state index in [2.05, 4.69) is 15.0 Å². The molecule has 4 aromatic rings. The van der Waals surface area contributed by atoms with Gasteiger partial charge in [0.1, 0.15) is 5.52 Å². The van der Waals surface area contributed by atoms with Crippen LogP contribution in [0.2, 0.25) is 0 Å². The van der Waals surface area contributed by atoms with Crippen LogP contribution in [0.5, 0.6) is 0 Å². The van der Waals surface area contributed by atoms with E-state index in [1.54, 1.807) is 6.07 Å². The number of aromatic amines is 2. The first-order valence-electron chi connectivity index (χ1n) is 10.8. The molecule has 0 aliphatic carbocycles. The van der Waals surface area contributed by atoms with E-state index in [1.807, 2.05) is 4.90 Å². The Hall–Kier alpha value is -3.70. The maximum absolute atomic E-state index is 14.9. The SMILES string of the molecule is O=C(c1c[nH]c(-c2nc3c(F)cc(N4CCOC[C@H]4CO)cc3[nH]2)c1)c1ccccc1C(F)(F)F. The van der Waals surface area contributed by atoms with E-state index in [0.717, 1.165) is 12.1 Å². The second kappa shape index (κ2) is 8.82. The number of anilines is 1. The number of alkyl halides is 3. The molecule has 0 radical (unpaired) electrons. The van der Waals surface area contributed by atoms with Crippen molar-refractivity contribution < 1.29 is 32.2 Å². The number of hydrogen-bond donors (Lipinski definition) is 3. The highest BCUT2D eigenvalue weighted by Crippen LogP contribution is 2.33. The van der Waals surface area contributed by atoms with Crippen LogP contribution in [-0.2, 0) is 10.9 Å². The van der Waals surface area contributed by atoms with Gasteiger partial charge in [0.05, 0.1) is 42.6 Å². The largest absolute Gasteiger partial charge is 0.417 e. The number of ketones is 1. The molecule has 1 aliphatic rings. The molecule has 35 heavy (non-hydrogen) atoms. The van der Waals surface area contributed by atoms with Gasteiger partial charge in [-0.25, -0.2) is 9.37 Å². The van der Waals surface area contributed by atoms with Gasteiger partial charge in [-0.3, -0.25) is 4.79 Å². The number of carbonyl (C=O) groups is 1. The molecule has 11 heteroatoms. The fourth-order valence-electron chi connectivity index (χ4n) is 4.25. The molecule has 3 N–H and O–H groups in total. The van der Waals surface area contributed by atoms with Gasteiger partial charge < -0.3 is 24.7 Å². The summed E-state index contributed by atoms with van der Waals surface area (Å²) in [6.45, 7) is 1.10. The Balaban J connectivity index is 1.47. The molecule has 1 aliphatic heterocycles. The number of nitrogens with zero attached hydrogens (tertiary/aromatic N) is 2. The predicted octanol–water partition coefficient (Wildman–Crippen LogP) is 4.14. The van der Waals surface area contributed by atoms with Crippen LogP contribution in [-0.4, -0.2) is 58.2 Å². The van der Waals surface area contributed by atoms with Crippen LogP contribution in [0.15, 0.2) is 48.7 Å². The summed E-state index contributed by atoms with van der Waals surface area (Å²) < 4.78 is 60.3. The van der Waals surface area contributed by atoms with E-state index in [4.69, 9.17) is 4.74 Å². The number of imidazole rings is 1. The Morgan fingerprint density at radius 3 is 2.80 bits per heavy atom. The zero-order valence-electron chi connectivity index (χ0n) is 18.2. The highest BCUT2D eigenvalue weighted by Gasteiger charge is 2.35. The predicted molar refractivity (Wildman–Crippen MR) is 120 cm³/mol. The first kappa shape index (κ1) is 23.1. The fourth-order valence-corrected chi connectivity index (χ4v) is 4.25. The van der Waals surface area contributed by atoms with Crippen molar-refractivity contribution >= 4 is 22.5 Å². The van der Waals surface area contributed by atoms with E-state index in [1.165, 1.54) is 30.5 Å². The summed E-state index contributed by atoms with van der Waals surface area (Å²) in [5.41, 5.74) is -0.138. The molecule has 3 heterocycles.